The van der Waals surface area contributed by atoms with Gasteiger partial charge in [0.25, 0.3) is 0 Å². The van der Waals surface area contributed by atoms with Crippen LogP contribution in [0.2, 0.25) is 0 Å². The van der Waals surface area contributed by atoms with E-state index in [0.717, 1.165) is 18.7 Å². The molecule has 1 aromatic rings. The molecule has 0 radical (unpaired) electrons. The highest BCUT2D eigenvalue weighted by atomic mass is 32.2. The SMILES string of the molecule is COCC(CCO)NCC1CSc2ccccc21. The molecule has 0 aliphatic carbocycles. The maximum atomic E-state index is 9.01. The van der Waals surface area contributed by atoms with Crippen molar-refractivity contribution in [2.45, 2.75) is 23.3 Å². The largest absolute Gasteiger partial charge is 0.396 e. The first-order valence-electron chi connectivity index (χ1n) is 6.40. The zero-order valence-electron chi connectivity index (χ0n) is 10.8. The second-order valence-electron chi connectivity index (χ2n) is 4.62. The monoisotopic (exact) mass is 267 g/mol. The van der Waals surface area contributed by atoms with Crippen LogP contribution in [-0.4, -0.2) is 43.8 Å². The first kappa shape index (κ1) is 13.9. The summed E-state index contributed by atoms with van der Waals surface area (Å²) in [5, 5.41) is 12.5. The number of ether oxygens (including phenoxy) is 1. The zero-order valence-corrected chi connectivity index (χ0v) is 11.6. The van der Waals surface area contributed by atoms with Crippen LogP contribution in [0.15, 0.2) is 29.2 Å². The van der Waals surface area contributed by atoms with E-state index < -0.39 is 0 Å². The molecule has 2 rings (SSSR count). The molecule has 1 aromatic carbocycles. The van der Waals surface area contributed by atoms with Gasteiger partial charge in [-0.15, -0.1) is 11.8 Å². The van der Waals surface area contributed by atoms with Gasteiger partial charge in [0.2, 0.25) is 0 Å². The third-order valence-corrected chi connectivity index (χ3v) is 4.55. The van der Waals surface area contributed by atoms with E-state index in [1.54, 1.807) is 7.11 Å². The van der Waals surface area contributed by atoms with E-state index >= 15 is 0 Å². The van der Waals surface area contributed by atoms with Gasteiger partial charge >= 0.3 is 0 Å². The van der Waals surface area contributed by atoms with Crippen LogP contribution in [0, 0.1) is 0 Å². The molecule has 2 atom stereocenters. The van der Waals surface area contributed by atoms with Crippen molar-refractivity contribution < 1.29 is 9.84 Å². The lowest BCUT2D eigenvalue weighted by Gasteiger charge is -2.19. The Bertz CT molecular complexity index is 367. The minimum Gasteiger partial charge on any atom is -0.396 e. The van der Waals surface area contributed by atoms with E-state index in [9.17, 15) is 0 Å². The highest BCUT2D eigenvalue weighted by molar-refractivity contribution is 7.99. The molecule has 0 saturated heterocycles. The average molecular weight is 267 g/mol. The number of benzene rings is 1. The molecule has 0 saturated carbocycles. The van der Waals surface area contributed by atoms with Crippen molar-refractivity contribution in [2.75, 3.05) is 32.6 Å². The Morgan fingerprint density at radius 3 is 3.11 bits per heavy atom. The molecular weight excluding hydrogens is 246 g/mol. The molecule has 2 unspecified atom stereocenters. The smallest absolute Gasteiger partial charge is 0.0616 e. The molecule has 100 valence electrons. The lowest BCUT2D eigenvalue weighted by Crippen LogP contribution is -2.36. The van der Waals surface area contributed by atoms with Crippen molar-refractivity contribution in [3.05, 3.63) is 29.8 Å². The van der Waals surface area contributed by atoms with E-state index in [1.165, 1.54) is 10.5 Å². The average Bonchev–Trinajstić information content (AvgIpc) is 2.80. The Morgan fingerprint density at radius 2 is 2.33 bits per heavy atom. The number of aliphatic hydroxyl groups excluding tert-OH is 1. The predicted octanol–water partition coefficient (Wildman–Crippen LogP) is 1.86. The number of methoxy groups -OCH3 is 1. The van der Waals surface area contributed by atoms with Gasteiger partial charge in [0.15, 0.2) is 0 Å². The second kappa shape index (κ2) is 7.14. The maximum Gasteiger partial charge on any atom is 0.0616 e. The number of hydrogen-bond donors (Lipinski definition) is 2. The molecule has 0 aromatic heterocycles. The number of thioether (sulfide) groups is 1. The summed E-state index contributed by atoms with van der Waals surface area (Å²) in [6.45, 7) is 1.82. The first-order valence-corrected chi connectivity index (χ1v) is 7.38. The Balaban J connectivity index is 1.87. The minimum absolute atomic E-state index is 0.205. The van der Waals surface area contributed by atoms with Crippen LogP contribution in [0.25, 0.3) is 0 Å². The van der Waals surface area contributed by atoms with Gasteiger partial charge in [-0.25, -0.2) is 0 Å². The van der Waals surface area contributed by atoms with E-state index in [1.807, 2.05) is 11.8 Å². The number of nitrogens with one attached hydrogen (secondary N) is 1. The van der Waals surface area contributed by atoms with Crippen LogP contribution in [0.4, 0.5) is 0 Å². The molecule has 18 heavy (non-hydrogen) atoms. The van der Waals surface area contributed by atoms with Gasteiger partial charge in [0.05, 0.1) is 6.61 Å². The normalized spacial score (nSPS) is 19.8. The third kappa shape index (κ3) is 3.48. The fourth-order valence-corrected chi connectivity index (χ4v) is 3.56. The van der Waals surface area contributed by atoms with Crippen molar-refractivity contribution in [1.82, 2.24) is 5.32 Å². The summed E-state index contributed by atoms with van der Waals surface area (Å²) < 4.78 is 5.16. The number of rotatable bonds is 7. The van der Waals surface area contributed by atoms with Crippen molar-refractivity contribution in [3.8, 4) is 0 Å². The molecule has 0 amide bonds. The zero-order chi connectivity index (χ0) is 12.8. The van der Waals surface area contributed by atoms with Gasteiger partial charge in [0, 0.05) is 42.9 Å². The summed E-state index contributed by atoms with van der Waals surface area (Å²) in [5.74, 6) is 1.72. The van der Waals surface area contributed by atoms with Crippen LogP contribution in [-0.2, 0) is 4.74 Å². The molecule has 0 fully saturated rings. The van der Waals surface area contributed by atoms with Gasteiger partial charge in [0.1, 0.15) is 0 Å². The standard InChI is InChI=1S/C14H21NO2S/c1-17-9-12(6-7-16)15-8-11-10-18-14-5-3-2-4-13(11)14/h2-5,11-12,15-16H,6-10H2,1H3. The highest BCUT2D eigenvalue weighted by Crippen LogP contribution is 2.38. The maximum absolute atomic E-state index is 9.01. The van der Waals surface area contributed by atoms with Crippen LogP contribution >= 0.6 is 11.8 Å². The molecule has 3 nitrogen and oxygen atoms in total. The summed E-state index contributed by atoms with van der Waals surface area (Å²) in [5.41, 5.74) is 1.45. The molecule has 1 aliphatic rings. The lowest BCUT2D eigenvalue weighted by atomic mass is 10.0. The van der Waals surface area contributed by atoms with Gasteiger partial charge in [-0.3, -0.25) is 0 Å². The van der Waals surface area contributed by atoms with Crippen LogP contribution in [0.5, 0.6) is 0 Å². The highest BCUT2D eigenvalue weighted by Gasteiger charge is 2.23. The van der Waals surface area contributed by atoms with Crippen LogP contribution in [0.1, 0.15) is 17.9 Å². The van der Waals surface area contributed by atoms with Gasteiger partial charge in [-0.05, 0) is 18.1 Å². The third-order valence-electron chi connectivity index (χ3n) is 3.30. The Morgan fingerprint density at radius 1 is 1.50 bits per heavy atom. The first-order chi connectivity index (χ1) is 8.85. The molecule has 0 spiro atoms. The summed E-state index contributed by atoms with van der Waals surface area (Å²) in [6.07, 6.45) is 0.745. The van der Waals surface area contributed by atoms with E-state index in [4.69, 9.17) is 9.84 Å². The Labute approximate surface area is 113 Å². The predicted molar refractivity (Wildman–Crippen MR) is 75.3 cm³/mol. The number of fused-ring (bicyclic) bond motifs is 1. The van der Waals surface area contributed by atoms with Gasteiger partial charge < -0.3 is 15.2 Å². The van der Waals surface area contributed by atoms with E-state index in [0.29, 0.717) is 12.5 Å². The molecular formula is C14H21NO2S. The summed E-state index contributed by atoms with van der Waals surface area (Å²) in [7, 11) is 1.70. The van der Waals surface area contributed by atoms with Crippen LogP contribution in [0.3, 0.4) is 0 Å². The summed E-state index contributed by atoms with van der Waals surface area (Å²) in [4.78, 5) is 1.41. The van der Waals surface area contributed by atoms with Crippen LogP contribution < -0.4 is 5.32 Å². The summed E-state index contributed by atoms with van der Waals surface area (Å²) in [6, 6.07) is 8.87. The Hall–Kier alpha value is -0.550. The van der Waals surface area contributed by atoms with Crippen molar-refractivity contribution >= 4 is 11.8 Å². The van der Waals surface area contributed by atoms with Gasteiger partial charge in [-0.2, -0.15) is 0 Å². The van der Waals surface area contributed by atoms with Crippen molar-refractivity contribution in [2.24, 2.45) is 0 Å². The lowest BCUT2D eigenvalue weighted by molar-refractivity contribution is 0.148. The molecule has 2 N–H and O–H groups in total. The van der Waals surface area contributed by atoms with Crippen molar-refractivity contribution in [3.63, 3.8) is 0 Å². The molecule has 1 heterocycles. The van der Waals surface area contributed by atoms with Gasteiger partial charge in [-0.1, -0.05) is 18.2 Å². The molecule has 0 bridgehead atoms. The fraction of sp³-hybridized carbons (Fsp3) is 0.571. The molecule has 4 heteroatoms. The minimum atomic E-state index is 0.205. The Kier molecular flexibility index (Phi) is 5.50. The fourth-order valence-electron chi connectivity index (χ4n) is 2.31. The van der Waals surface area contributed by atoms with E-state index in [2.05, 4.69) is 29.6 Å². The van der Waals surface area contributed by atoms with Crippen molar-refractivity contribution in [1.29, 1.82) is 0 Å². The summed E-state index contributed by atoms with van der Waals surface area (Å²) >= 11 is 1.93. The molecule has 1 aliphatic heterocycles. The number of hydrogen-bond acceptors (Lipinski definition) is 4. The van der Waals surface area contributed by atoms with E-state index in [-0.39, 0.29) is 12.6 Å². The number of aliphatic hydroxyl groups is 1. The second-order valence-corrected chi connectivity index (χ2v) is 5.68. The quantitative estimate of drug-likeness (QED) is 0.791. The topological polar surface area (TPSA) is 41.5 Å².